The molecule has 0 N–H and O–H groups in total. The molecule has 0 spiro atoms. The minimum absolute atomic E-state index is 0.230. The van der Waals surface area contributed by atoms with Gasteiger partial charge in [-0.05, 0) is 139 Å². The Labute approximate surface area is 528 Å². The van der Waals surface area contributed by atoms with Crippen molar-refractivity contribution in [3.05, 3.63) is 309 Å². The average Bonchev–Trinajstić information content (AvgIpc) is 0.858. The van der Waals surface area contributed by atoms with Gasteiger partial charge in [0.1, 0.15) is 11.2 Å². The summed E-state index contributed by atoms with van der Waals surface area (Å²) in [4.78, 5) is 5.27. The van der Waals surface area contributed by atoms with Crippen LogP contribution in [0.1, 0.15) is 0 Å². The lowest BCUT2D eigenvalue weighted by Gasteiger charge is -2.45. The molecule has 5 heterocycles. The quantitative estimate of drug-likeness (QED) is 0.141. The molecule has 19 rings (SSSR count). The van der Waals surface area contributed by atoms with Crippen LogP contribution in [-0.4, -0.2) is 6.71 Å². The van der Waals surface area contributed by atoms with Crippen molar-refractivity contribution in [1.29, 1.82) is 0 Å². The topological polar surface area (TPSA) is 19.6 Å². The lowest BCUT2D eigenvalue weighted by atomic mass is 9.33. The van der Waals surface area contributed by atoms with Crippen LogP contribution in [0.5, 0.6) is 0 Å². The van der Waals surface area contributed by atoms with E-state index in [0.717, 1.165) is 101 Å². The Morgan fingerprint density at radius 3 is 1.31 bits per heavy atom. The second-order valence-electron chi connectivity index (χ2n) is 23.8. The molecule has 17 aromatic rings. The largest absolute Gasteiger partial charge is 0.456 e. The molecule has 418 valence electrons. The number of para-hydroxylation sites is 3. The van der Waals surface area contributed by atoms with Crippen molar-refractivity contribution < 1.29 is 4.42 Å². The zero-order chi connectivity index (χ0) is 59.0. The highest BCUT2D eigenvalue weighted by Gasteiger charge is 2.45. The van der Waals surface area contributed by atoms with Gasteiger partial charge >= 0.3 is 0 Å². The van der Waals surface area contributed by atoms with Gasteiger partial charge < -0.3 is 14.2 Å². The third-order valence-corrected chi connectivity index (χ3v) is 21.1. The van der Waals surface area contributed by atoms with E-state index in [9.17, 15) is 0 Å². The zero-order valence-corrected chi connectivity index (χ0v) is 50.3. The molecule has 0 radical (unpaired) electrons. The Morgan fingerprint density at radius 2 is 0.700 bits per heavy atom. The van der Waals surface area contributed by atoms with Gasteiger partial charge in [0.2, 0.25) is 0 Å². The van der Waals surface area contributed by atoms with E-state index in [1.165, 1.54) is 79.0 Å². The average molecular weight is 1180 g/mol. The van der Waals surface area contributed by atoms with Crippen molar-refractivity contribution in [2.45, 2.75) is 0 Å². The minimum atomic E-state index is -0.230. The maximum atomic E-state index is 6.54. The molecule has 0 bridgehead atoms. The first-order valence-corrected chi connectivity index (χ1v) is 32.5. The number of hydrogen-bond donors (Lipinski definition) is 0. The van der Waals surface area contributed by atoms with Gasteiger partial charge in [-0.3, -0.25) is 0 Å². The van der Waals surface area contributed by atoms with Gasteiger partial charge in [-0.25, -0.2) is 0 Å². The fraction of sp³-hybridized carbons (Fsp3) is 0. The van der Waals surface area contributed by atoms with Gasteiger partial charge in [-0.2, -0.15) is 0 Å². The van der Waals surface area contributed by atoms with Crippen LogP contribution in [0, 0.1) is 0 Å². The fourth-order valence-electron chi connectivity index (χ4n) is 15.0. The van der Waals surface area contributed by atoms with E-state index in [1.54, 1.807) is 0 Å². The molecule has 14 aromatic carbocycles. The summed E-state index contributed by atoms with van der Waals surface area (Å²) < 4.78 is 11.7. The van der Waals surface area contributed by atoms with Crippen LogP contribution in [-0.2, 0) is 0 Å². The molecule has 0 saturated heterocycles. The van der Waals surface area contributed by atoms with Gasteiger partial charge in [-0.15, -0.1) is 22.7 Å². The van der Waals surface area contributed by atoms with E-state index in [1.807, 2.05) is 22.7 Å². The highest BCUT2D eigenvalue weighted by Crippen LogP contribution is 2.53. The number of hydrogen-bond acceptors (Lipinski definition) is 5. The van der Waals surface area contributed by atoms with Crippen molar-refractivity contribution in [2.75, 3.05) is 9.80 Å². The highest BCUT2D eigenvalue weighted by molar-refractivity contribution is 7.26. The van der Waals surface area contributed by atoms with E-state index >= 15 is 0 Å². The second kappa shape index (κ2) is 20.3. The van der Waals surface area contributed by atoms with Crippen molar-refractivity contribution in [3.63, 3.8) is 0 Å². The lowest BCUT2D eigenvalue weighted by Crippen LogP contribution is -2.61. The Morgan fingerprint density at radius 1 is 0.256 bits per heavy atom. The molecule has 0 saturated carbocycles. The molecule has 2 aliphatic heterocycles. The predicted octanol–water partition coefficient (Wildman–Crippen LogP) is 22.4. The zero-order valence-electron chi connectivity index (χ0n) is 48.6. The van der Waals surface area contributed by atoms with E-state index in [2.05, 4.69) is 319 Å². The van der Waals surface area contributed by atoms with E-state index in [0.29, 0.717) is 0 Å². The minimum Gasteiger partial charge on any atom is -0.456 e. The molecule has 0 amide bonds. The number of fused-ring (bicyclic) bond motifs is 13. The van der Waals surface area contributed by atoms with E-state index < -0.39 is 0 Å². The summed E-state index contributed by atoms with van der Waals surface area (Å²) in [6.07, 6.45) is 0. The molecule has 0 aliphatic carbocycles. The Bertz CT molecular complexity index is 5710. The van der Waals surface area contributed by atoms with Crippen LogP contribution in [0.2, 0.25) is 0 Å². The van der Waals surface area contributed by atoms with Gasteiger partial charge in [0.25, 0.3) is 6.71 Å². The Balaban J connectivity index is 0.976. The summed E-state index contributed by atoms with van der Waals surface area (Å²) in [5.74, 6) is 0. The molecular weight excluding hydrogens is 1130 g/mol. The van der Waals surface area contributed by atoms with Crippen molar-refractivity contribution >= 4 is 142 Å². The van der Waals surface area contributed by atoms with Gasteiger partial charge in [0, 0.05) is 90.6 Å². The molecule has 0 atom stereocenters. The van der Waals surface area contributed by atoms with E-state index in [4.69, 9.17) is 4.42 Å². The third-order valence-electron chi connectivity index (χ3n) is 18.9. The summed E-state index contributed by atoms with van der Waals surface area (Å²) in [5.41, 5.74) is 26.2. The molecule has 90 heavy (non-hydrogen) atoms. The van der Waals surface area contributed by atoms with Crippen molar-refractivity contribution in [3.8, 4) is 66.8 Å². The van der Waals surface area contributed by atoms with Crippen LogP contribution in [0.3, 0.4) is 0 Å². The van der Waals surface area contributed by atoms with Crippen molar-refractivity contribution in [1.82, 2.24) is 0 Å². The first-order valence-electron chi connectivity index (χ1n) is 30.8. The molecular formula is C84H51BN2OS2. The Kier molecular flexibility index (Phi) is 11.5. The van der Waals surface area contributed by atoms with E-state index in [-0.39, 0.29) is 6.71 Å². The summed E-state index contributed by atoms with van der Waals surface area (Å²) in [6, 6.07) is 115. The molecule has 0 unspecified atom stereocenters. The van der Waals surface area contributed by atoms with Crippen LogP contribution in [0.4, 0.5) is 34.1 Å². The molecule has 3 aromatic heterocycles. The summed E-state index contributed by atoms with van der Waals surface area (Å²) >= 11 is 3.75. The lowest BCUT2D eigenvalue weighted by molar-refractivity contribution is 0.669. The normalized spacial score (nSPS) is 12.6. The number of nitrogens with zero attached hydrogens (tertiary/aromatic N) is 2. The fourth-order valence-corrected chi connectivity index (χ4v) is 17.2. The van der Waals surface area contributed by atoms with Crippen LogP contribution in [0.15, 0.2) is 314 Å². The van der Waals surface area contributed by atoms with Crippen molar-refractivity contribution in [2.24, 2.45) is 0 Å². The maximum absolute atomic E-state index is 6.54. The first-order chi connectivity index (χ1) is 44.6. The van der Waals surface area contributed by atoms with Gasteiger partial charge in [-0.1, -0.05) is 237 Å². The number of benzene rings is 14. The molecule has 2 aliphatic rings. The smallest absolute Gasteiger partial charge is 0.252 e. The predicted molar refractivity (Wildman–Crippen MR) is 386 cm³/mol. The van der Waals surface area contributed by atoms with Gasteiger partial charge in [0.15, 0.2) is 0 Å². The third kappa shape index (κ3) is 7.85. The maximum Gasteiger partial charge on any atom is 0.252 e. The van der Waals surface area contributed by atoms with Crippen LogP contribution < -0.4 is 26.2 Å². The number of thiophene rings is 2. The standard InChI is InChI=1S/C84H51BN2OS2/c1-4-21-52(22-5-1)59-27-10-14-35-70(59)86-71-44-41-56(60-31-19-39-79-81(60)65-29-12-16-37-77(65)89-79)48-68(71)85-69-49-57(61-32-20-40-80-82(61)66-30-13-17-38-78(66)90-80)42-45-72(69)87(84-62(53-23-6-2-7-24-53)33-18-34-63(84)54-25-8-3-9-26-54)74-51-58(50-73(86)83(74)85)55-43-46-76-67(47-55)64-28-11-15-36-75(64)88-76/h1-51H. The molecule has 3 nitrogen and oxygen atoms in total. The number of rotatable bonds is 8. The summed E-state index contributed by atoms with van der Waals surface area (Å²) in [7, 11) is 0. The van der Waals surface area contributed by atoms with Crippen LogP contribution in [0.25, 0.3) is 129 Å². The number of anilines is 6. The summed E-state index contributed by atoms with van der Waals surface area (Å²) in [6.45, 7) is -0.230. The van der Waals surface area contributed by atoms with Crippen LogP contribution >= 0.6 is 22.7 Å². The molecule has 0 fully saturated rings. The SMILES string of the molecule is c1ccc(-c2ccccc2N2c3ccc(-c4cccc5sc6ccccc6c45)cc3B3c4cc(-c5cccc6sc7ccccc7c56)ccc4N(c4c(-c5ccccc5)cccc4-c4ccccc4)c4cc(-c5ccc6oc7ccccc7c6c5)cc2c43)cc1. The number of furan rings is 1. The first kappa shape index (κ1) is 51.1. The monoisotopic (exact) mass is 1180 g/mol. The Hall–Kier alpha value is -11.0. The second-order valence-corrected chi connectivity index (χ2v) is 25.9. The summed E-state index contributed by atoms with van der Waals surface area (Å²) in [5, 5.41) is 7.36. The highest BCUT2D eigenvalue weighted by atomic mass is 32.1. The van der Waals surface area contributed by atoms with Gasteiger partial charge in [0.05, 0.1) is 11.4 Å². The molecule has 6 heteroatoms.